The van der Waals surface area contributed by atoms with Gasteiger partial charge in [-0.25, -0.2) is 4.98 Å². The summed E-state index contributed by atoms with van der Waals surface area (Å²) in [7, 11) is 0. The SMILES string of the molecule is CSc1ccccc1-c1cnc(C)c(-c2nnc(-c3ccccc3)o2)n1.[HH]. The Hall–Kier alpha value is -2.99. The predicted octanol–water partition coefficient (Wildman–Crippen LogP) is 5.14. The lowest BCUT2D eigenvalue weighted by Gasteiger charge is -2.08. The van der Waals surface area contributed by atoms with Crippen LogP contribution in [0.1, 0.15) is 7.12 Å². The van der Waals surface area contributed by atoms with Gasteiger partial charge in [-0.1, -0.05) is 36.4 Å². The van der Waals surface area contributed by atoms with Crippen molar-refractivity contribution in [2.24, 2.45) is 0 Å². The molecule has 0 saturated carbocycles. The zero-order valence-electron chi connectivity index (χ0n) is 14.4. The van der Waals surface area contributed by atoms with Crippen molar-refractivity contribution < 1.29 is 5.84 Å². The highest BCUT2D eigenvalue weighted by atomic mass is 32.2. The minimum absolute atomic E-state index is 0. The molecule has 0 unspecified atom stereocenters. The first-order valence-corrected chi connectivity index (χ1v) is 9.35. The molecule has 2 heterocycles. The molecule has 4 rings (SSSR count). The lowest BCUT2D eigenvalue weighted by Crippen LogP contribution is -1.96. The molecule has 0 spiro atoms. The van der Waals surface area contributed by atoms with Crippen LogP contribution in [0, 0.1) is 6.92 Å². The smallest absolute Gasteiger partial charge is 0.268 e. The maximum atomic E-state index is 5.85. The van der Waals surface area contributed by atoms with Crippen molar-refractivity contribution in [1.82, 2.24) is 20.2 Å². The van der Waals surface area contributed by atoms with Gasteiger partial charge in [-0.2, -0.15) is 0 Å². The van der Waals surface area contributed by atoms with Gasteiger partial charge in [-0.15, -0.1) is 22.0 Å². The number of hydrogen-bond acceptors (Lipinski definition) is 6. The molecule has 0 aliphatic carbocycles. The van der Waals surface area contributed by atoms with E-state index in [4.69, 9.17) is 9.40 Å². The highest BCUT2D eigenvalue weighted by Crippen LogP contribution is 2.31. The summed E-state index contributed by atoms with van der Waals surface area (Å²) in [5.74, 6) is 0.842. The minimum atomic E-state index is 0. The van der Waals surface area contributed by atoms with Crippen LogP contribution in [-0.4, -0.2) is 26.4 Å². The summed E-state index contributed by atoms with van der Waals surface area (Å²) in [6.45, 7) is 1.89. The molecule has 0 amide bonds. The maximum Gasteiger partial charge on any atom is 0.268 e. The third kappa shape index (κ3) is 3.11. The lowest BCUT2D eigenvalue weighted by atomic mass is 10.1. The molecule has 0 saturated heterocycles. The number of nitrogens with zero attached hydrogens (tertiary/aromatic N) is 4. The average molecular weight is 362 g/mol. The third-order valence-electron chi connectivity index (χ3n) is 3.99. The molecule has 0 fully saturated rings. The summed E-state index contributed by atoms with van der Waals surface area (Å²) < 4.78 is 5.85. The summed E-state index contributed by atoms with van der Waals surface area (Å²) in [6, 6.07) is 17.8. The van der Waals surface area contributed by atoms with Gasteiger partial charge in [0.2, 0.25) is 5.89 Å². The summed E-state index contributed by atoms with van der Waals surface area (Å²) in [5.41, 5.74) is 4.05. The van der Waals surface area contributed by atoms with E-state index >= 15 is 0 Å². The molecule has 2 aromatic heterocycles. The van der Waals surface area contributed by atoms with Crippen LogP contribution < -0.4 is 0 Å². The van der Waals surface area contributed by atoms with Crippen LogP contribution in [-0.2, 0) is 0 Å². The molecular formula is C20H18N4OS. The van der Waals surface area contributed by atoms with Gasteiger partial charge in [-0.05, 0) is 31.4 Å². The van der Waals surface area contributed by atoms with E-state index in [1.807, 2.05) is 61.7 Å². The highest BCUT2D eigenvalue weighted by Gasteiger charge is 2.16. The Morgan fingerprint density at radius 1 is 0.923 bits per heavy atom. The first kappa shape index (κ1) is 16.5. The number of aryl methyl sites for hydroxylation is 1. The van der Waals surface area contributed by atoms with E-state index in [9.17, 15) is 0 Å². The molecule has 0 N–H and O–H groups in total. The summed E-state index contributed by atoms with van der Waals surface area (Å²) in [5, 5.41) is 8.33. The zero-order valence-corrected chi connectivity index (χ0v) is 15.2. The number of benzene rings is 2. The predicted molar refractivity (Wildman–Crippen MR) is 105 cm³/mol. The molecule has 2 aromatic carbocycles. The molecule has 0 bridgehead atoms. The van der Waals surface area contributed by atoms with Gasteiger partial charge < -0.3 is 4.42 Å². The van der Waals surface area contributed by atoms with Gasteiger partial charge >= 0.3 is 0 Å². The second-order valence-electron chi connectivity index (χ2n) is 5.67. The van der Waals surface area contributed by atoms with Crippen molar-refractivity contribution in [2.75, 3.05) is 6.26 Å². The zero-order chi connectivity index (χ0) is 17.9. The van der Waals surface area contributed by atoms with E-state index in [0.29, 0.717) is 17.5 Å². The monoisotopic (exact) mass is 362 g/mol. The van der Waals surface area contributed by atoms with Crippen molar-refractivity contribution >= 4 is 11.8 Å². The van der Waals surface area contributed by atoms with Gasteiger partial charge in [0.1, 0.15) is 5.69 Å². The van der Waals surface area contributed by atoms with Crippen LogP contribution >= 0.6 is 11.8 Å². The van der Waals surface area contributed by atoms with Gasteiger partial charge in [0.25, 0.3) is 5.89 Å². The summed E-state index contributed by atoms with van der Waals surface area (Å²) in [4.78, 5) is 10.4. The van der Waals surface area contributed by atoms with E-state index in [1.54, 1.807) is 18.0 Å². The minimum Gasteiger partial charge on any atom is -0.415 e. The fraction of sp³-hybridized carbons (Fsp3) is 0.100. The average Bonchev–Trinajstić information content (AvgIpc) is 3.19. The van der Waals surface area contributed by atoms with Crippen molar-refractivity contribution in [3.63, 3.8) is 0 Å². The molecule has 5 nitrogen and oxygen atoms in total. The second kappa shape index (κ2) is 7.09. The fourth-order valence-corrected chi connectivity index (χ4v) is 3.26. The fourth-order valence-electron chi connectivity index (χ4n) is 2.65. The van der Waals surface area contributed by atoms with Gasteiger partial charge in [0, 0.05) is 17.4 Å². The van der Waals surface area contributed by atoms with E-state index in [1.165, 1.54) is 0 Å². The molecule has 130 valence electrons. The second-order valence-corrected chi connectivity index (χ2v) is 6.52. The molecule has 26 heavy (non-hydrogen) atoms. The molecular weight excluding hydrogens is 344 g/mol. The standard InChI is InChI=1S/C20H16N4OS.H2/c1-13-18(20-24-23-19(25-20)14-8-4-3-5-9-14)22-16(12-21-13)15-10-6-7-11-17(15)26-2;/h3-12H,1-2H3;1H. The molecule has 0 aliphatic rings. The van der Waals surface area contributed by atoms with E-state index in [-0.39, 0.29) is 1.43 Å². The number of aromatic nitrogens is 4. The Labute approximate surface area is 157 Å². The topological polar surface area (TPSA) is 64.7 Å². The van der Waals surface area contributed by atoms with E-state index in [0.717, 1.165) is 27.4 Å². The molecule has 6 heteroatoms. The Morgan fingerprint density at radius 3 is 2.46 bits per heavy atom. The Bertz CT molecular complexity index is 1050. The van der Waals surface area contributed by atoms with Crippen LogP contribution in [0.15, 0.2) is 70.1 Å². The molecule has 0 radical (unpaired) electrons. The van der Waals surface area contributed by atoms with Gasteiger partial charge in [0.15, 0.2) is 0 Å². The summed E-state index contributed by atoms with van der Waals surface area (Å²) in [6.07, 6.45) is 3.83. The Balaban J connectivity index is 0.00000210. The van der Waals surface area contributed by atoms with E-state index < -0.39 is 0 Å². The number of rotatable bonds is 4. The largest absolute Gasteiger partial charge is 0.415 e. The third-order valence-corrected chi connectivity index (χ3v) is 4.78. The first-order valence-electron chi connectivity index (χ1n) is 8.12. The molecule has 0 aliphatic heterocycles. The molecule has 0 atom stereocenters. The van der Waals surface area contributed by atoms with Gasteiger partial charge in [0.05, 0.1) is 17.6 Å². The number of hydrogen-bond donors (Lipinski definition) is 0. The van der Waals surface area contributed by atoms with Crippen molar-refractivity contribution in [3.05, 3.63) is 66.5 Å². The normalized spacial score (nSPS) is 10.8. The van der Waals surface area contributed by atoms with Crippen LogP contribution in [0.5, 0.6) is 0 Å². The van der Waals surface area contributed by atoms with Crippen LogP contribution in [0.25, 0.3) is 34.3 Å². The highest BCUT2D eigenvalue weighted by molar-refractivity contribution is 7.98. The van der Waals surface area contributed by atoms with Crippen LogP contribution in [0.4, 0.5) is 0 Å². The maximum absolute atomic E-state index is 5.85. The van der Waals surface area contributed by atoms with Crippen LogP contribution in [0.2, 0.25) is 0 Å². The molecule has 4 aromatic rings. The first-order chi connectivity index (χ1) is 12.8. The lowest BCUT2D eigenvalue weighted by molar-refractivity contribution is 0.581. The van der Waals surface area contributed by atoms with E-state index in [2.05, 4.69) is 21.2 Å². The Morgan fingerprint density at radius 2 is 1.65 bits per heavy atom. The van der Waals surface area contributed by atoms with Crippen molar-refractivity contribution in [1.29, 1.82) is 0 Å². The Kier molecular flexibility index (Phi) is 4.50. The van der Waals surface area contributed by atoms with Crippen LogP contribution in [0.3, 0.4) is 0 Å². The number of thioether (sulfide) groups is 1. The van der Waals surface area contributed by atoms with Gasteiger partial charge in [-0.3, -0.25) is 4.98 Å². The quantitative estimate of drug-likeness (QED) is 0.469. The summed E-state index contributed by atoms with van der Waals surface area (Å²) >= 11 is 1.68. The van der Waals surface area contributed by atoms with Crippen molar-refractivity contribution in [2.45, 2.75) is 11.8 Å². The van der Waals surface area contributed by atoms with Crippen molar-refractivity contribution in [3.8, 4) is 34.3 Å².